The van der Waals surface area contributed by atoms with Crippen LogP contribution in [0.4, 0.5) is 9.93 Å². The summed E-state index contributed by atoms with van der Waals surface area (Å²) in [4.78, 5) is 39.5. The molecular weight excluding hydrogens is 506 g/mol. The van der Waals surface area contributed by atoms with Gasteiger partial charge in [0.15, 0.2) is 5.13 Å². The minimum atomic E-state index is -0.598. The van der Waals surface area contributed by atoms with E-state index in [-0.39, 0.29) is 11.9 Å². The molecule has 0 saturated carbocycles. The largest absolute Gasteiger partial charge is 0.444 e. The molecule has 3 saturated heterocycles. The van der Waals surface area contributed by atoms with Crippen molar-refractivity contribution in [2.45, 2.75) is 44.9 Å². The van der Waals surface area contributed by atoms with Crippen molar-refractivity contribution >= 4 is 62.0 Å². The number of fused-ring (bicyclic) bond motifs is 1. The number of piperazine rings is 1. The fourth-order valence-electron chi connectivity index (χ4n) is 4.93. The highest BCUT2D eigenvalue weighted by molar-refractivity contribution is 7.99. The standard InChI is InChI=1S/C24H32ClN5O3S2/c1-24(2,3)33-23(32)30-14-17(13-19(30)21(31)29-10-11-34-15-29)27-6-8-28(9-7-27)22-26-18-5-4-16(25)12-20(18)35-22/h4-5,12,17,19H,6-11,13-15H2,1-3H3/t17-,19-/m0/s1. The van der Waals surface area contributed by atoms with Crippen LogP contribution in [0.25, 0.3) is 10.2 Å². The van der Waals surface area contributed by atoms with E-state index >= 15 is 0 Å². The lowest BCUT2D eigenvalue weighted by Gasteiger charge is -2.37. The first-order valence-corrected chi connectivity index (χ1v) is 14.4. The van der Waals surface area contributed by atoms with Crippen molar-refractivity contribution in [2.75, 3.05) is 55.8 Å². The second kappa shape index (κ2) is 9.95. The summed E-state index contributed by atoms with van der Waals surface area (Å²) in [6.07, 6.45) is 0.260. The van der Waals surface area contributed by atoms with Crippen molar-refractivity contribution in [2.24, 2.45) is 0 Å². The maximum atomic E-state index is 13.3. The van der Waals surface area contributed by atoms with Gasteiger partial charge in [0.1, 0.15) is 11.6 Å². The maximum Gasteiger partial charge on any atom is 0.411 e. The number of carbonyl (C=O) groups is 2. The fraction of sp³-hybridized carbons (Fsp3) is 0.625. The highest BCUT2D eigenvalue weighted by Crippen LogP contribution is 2.33. The Morgan fingerprint density at radius 3 is 2.60 bits per heavy atom. The predicted octanol–water partition coefficient (Wildman–Crippen LogP) is 3.98. The van der Waals surface area contributed by atoms with Gasteiger partial charge in [0.2, 0.25) is 5.91 Å². The van der Waals surface area contributed by atoms with Crippen LogP contribution >= 0.6 is 34.7 Å². The molecule has 2 amide bonds. The van der Waals surface area contributed by atoms with Gasteiger partial charge in [-0.25, -0.2) is 9.78 Å². The number of carbonyl (C=O) groups excluding carboxylic acids is 2. The van der Waals surface area contributed by atoms with E-state index in [9.17, 15) is 9.59 Å². The average molecular weight is 538 g/mol. The topological polar surface area (TPSA) is 69.2 Å². The predicted molar refractivity (Wildman–Crippen MR) is 143 cm³/mol. The van der Waals surface area contributed by atoms with Gasteiger partial charge in [0.05, 0.1) is 16.1 Å². The third-order valence-corrected chi connectivity index (χ3v) is 8.98. The zero-order valence-electron chi connectivity index (χ0n) is 20.4. The summed E-state index contributed by atoms with van der Waals surface area (Å²) in [5.74, 6) is 1.71. The Labute approximate surface area is 219 Å². The number of rotatable bonds is 3. The Balaban J connectivity index is 1.26. The van der Waals surface area contributed by atoms with Gasteiger partial charge in [-0.1, -0.05) is 22.9 Å². The molecule has 5 rings (SSSR count). The van der Waals surface area contributed by atoms with Crippen LogP contribution in [-0.4, -0.2) is 100 Å². The van der Waals surface area contributed by atoms with E-state index in [1.165, 1.54) is 0 Å². The molecule has 2 aromatic rings. The van der Waals surface area contributed by atoms with E-state index in [4.69, 9.17) is 21.3 Å². The number of amides is 2. The monoisotopic (exact) mass is 537 g/mol. The molecule has 0 bridgehead atoms. The number of thiazole rings is 1. The molecule has 0 spiro atoms. The van der Waals surface area contributed by atoms with Crippen molar-refractivity contribution in [3.8, 4) is 0 Å². The smallest absolute Gasteiger partial charge is 0.411 e. The molecule has 3 aliphatic heterocycles. The number of ether oxygens (including phenoxy) is 1. The van der Waals surface area contributed by atoms with Crippen LogP contribution in [0.1, 0.15) is 27.2 Å². The maximum absolute atomic E-state index is 13.3. The molecule has 11 heteroatoms. The zero-order chi connectivity index (χ0) is 24.7. The third-order valence-electron chi connectivity index (χ3n) is 6.70. The molecule has 3 fully saturated rings. The molecule has 2 atom stereocenters. The molecular formula is C24H32ClN5O3S2. The first kappa shape index (κ1) is 24.9. The quantitative estimate of drug-likeness (QED) is 0.586. The Hall–Kier alpha value is -1.75. The van der Waals surface area contributed by atoms with E-state index in [0.717, 1.165) is 58.8 Å². The van der Waals surface area contributed by atoms with Crippen molar-refractivity contribution in [1.29, 1.82) is 0 Å². The first-order valence-electron chi connectivity index (χ1n) is 12.1. The number of halogens is 1. The van der Waals surface area contributed by atoms with Crippen molar-refractivity contribution in [3.63, 3.8) is 0 Å². The van der Waals surface area contributed by atoms with Crippen LogP contribution in [0.5, 0.6) is 0 Å². The number of hydrogen-bond acceptors (Lipinski definition) is 8. The SMILES string of the molecule is CC(C)(C)OC(=O)N1C[C@@H](N2CCN(c3nc4ccc(Cl)cc4s3)CC2)C[C@H]1C(=O)N1CCSC1. The molecule has 8 nitrogen and oxygen atoms in total. The summed E-state index contributed by atoms with van der Waals surface area (Å²) in [6, 6.07) is 5.49. The number of anilines is 1. The van der Waals surface area contributed by atoms with Crippen LogP contribution < -0.4 is 4.90 Å². The molecule has 3 aliphatic rings. The third kappa shape index (κ3) is 5.50. The molecule has 4 heterocycles. The summed E-state index contributed by atoms with van der Waals surface area (Å²) in [7, 11) is 0. The molecule has 190 valence electrons. The van der Waals surface area contributed by atoms with Gasteiger partial charge in [-0.15, -0.1) is 11.8 Å². The lowest BCUT2D eigenvalue weighted by Crippen LogP contribution is -2.51. The Kier molecular flexibility index (Phi) is 7.09. The van der Waals surface area contributed by atoms with Gasteiger partial charge in [-0.05, 0) is 45.4 Å². The van der Waals surface area contributed by atoms with E-state index in [1.807, 2.05) is 43.9 Å². The van der Waals surface area contributed by atoms with Crippen LogP contribution in [0, 0.1) is 0 Å². The first-order chi connectivity index (χ1) is 16.7. The van der Waals surface area contributed by atoms with Crippen LogP contribution in [0.2, 0.25) is 5.02 Å². The van der Waals surface area contributed by atoms with Gasteiger partial charge in [-0.3, -0.25) is 14.6 Å². The number of benzene rings is 1. The second-order valence-corrected chi connectivity index (χ2v) is 12.8. The van der Waals surface area contributed by atoms with E-state index in [1.54, 1.807) is 28.0 Å². The molecule has 0 aliphatic carbocycles. The van der Waals surface area contributed by atoms with Gasteiger partial charge < -0.3 is 14.5 Å². The molecule has 35 heavy (non-hydrogen) atoms. The molecule has 0 N–H and O–H groups in total. The van der Waals surface area contributed by atoms with E-state index < -0.39 is 17.7 Å². The van der Waals surface area contributed by atoms with Gasteiger partial charge in [0, 0.05) is 56.1 Å². The molecule has 0 radical (unpaired) electrons. The molecule has 0 unspecified atom stereocenters. The highest BCUT2D eigenvalue weighted by Gasteiger charge is 2.45. The molecule has 1 aromatic carbocycles. The van der Waals surface area contributed by atoms with Crippen molar-refractivity contribution in [3.05, 3.63) is 23.2 Å². The number of likely N-dealkylation sites (tertiary alicyclic amines) is 1. The van der Waals surface area contributed by atoms with Crippen LogP contribution in [0.15, 0.2) is 18.2 Å². The number of nitrogens with zero attached hydrogens (tertiary/aromatic N) is 5. The summed E-state index contributed by atoms with van der Waals surface area (Å²) in [6.45, 7) is 10.3. The Morgan fingerprint density at radius 2 is 1.91 bits per heavy atom. The van der Waals surface area contributed by atoms with Gasteiger partial charge >= 0.3 is 6.09 Å². The summed E-state index contributed by atoms with van der Waals surface area (Å²) in [5, 5.41) is 1.74. The number of aromatic nitrogens is 1. The number of thioether (sulfide) groups is 1. The average Bonchev–Trinajstić information content (AvgIpc) is 3.56. The minimum Gasteiger partial charge on any atom is -0.444 e. The van der Waals surface area contributed by atoms with Crippen LogP contribution in [-0.2, 0) is 9.53 Å². The lowest BCUT2D eigenvalue weighted by atomic mass is 10.1. The number of hydrogen-bond donors (Lipinski definition) is 0. The van der Waals surface area contributed by atoms with Gasteiger partial charge in [0.25, 0.3) is 0 Å². The van der Waals surface area contributed by atoms with Crippen LogP contribution in [0.3, 0.4) is 0 Å². The highest BCUT2D eigenvalue weighted by atomic mass is 35.5. The normalized spacial score (nSPS) is 23.9. The second-order valence-electron chi connectivity index (χ2n) is 10.3. The van der Waals surface area contributed by atoms with E-state index in [2.05, 4.69) is 9.80 Å². The zero-order valence-corrected chi connectivity index (χ0v) is 22.8. The van der Waals surface area contributed by atoms with Crippen molar-refractivity contribution in [1.82, 2.24) is 19.7 Å². The van der Waals surface area contributed by atoms with Gasteiger partial charge in [-0.2, -0.15) is 0 Å². The fourth-order valence-corrected chi connectivity index (χ4v) is 7.18. The van der Waals surface area contributed by atoms with E-state index in [0.29, 0.717) is 18.8 Å². The van der Waals surface area contributed by atoms with Crippen molar-refractivity contribution < 1.29 is 14.3 Å². The lowest BCUT2D eigenvalue weighted by molar-refractivity contribution is -0.134. The summed E-state index contributed by atoms with van der Waals surface area (Å²) in [5.41, 5.74) is 0.376. The summed E-state index contributed by atoms with van der Waals surface area (Å²) >= 11 is 9.57. The Bertz CT molecular complexity index is 1090. The molecule has 1 aromatic heterocycles. The summed E-state index contributed by atoms with van der Waals surface area (Å²) < 4.78 is 6.78. The Morgan fingerprint density at radius 1 is 1.14 bits per heavy atom. The minimum absolute atomic E-state index is 0.0510.